The number of methoxy groups -OCH3 is 1. The summed E-state index contributed by atoms with van der Waals surface area (Å²) in [4.78, 5) is 20.4. The highest BCUT2D eigenvalue weighted by atomic mass is 16.5. The van der Waals surface area contributed by atoms with Crippen molar-refractivity contribution < 1.29 is 9.53 Å². The molecule has 2 aliphatic rings. The third-order valence-electron chi connectivity index (χ3n) is 6.63. The zero-order valence-corrected chi connectivity index (χ0v) is 18.3. The summed E-state index contributed by atoms with van der Waals surface area (Å²) in [5.41, 5.74) is 5.07. The fraction of sp³-hybridized carbons (Fsp3) is 0.259. The number of benzene rings is 3. The average Bonchev–Trinajstić information content (AvgIpc) is 3.06. The van der Waals surface area contributed by atoms with Crippen molar-refractivity contribution in [2.24, 2.45) is 4.99 Å². The predicted octanol–water partition coefficient (Wildman–Crippen LogP) is 5.65. The van der Waals surface area contributed by atoms with Crippen molar-refractivity contribution in [2.75, 3.05) is 12.0 Å². The highest BCUT2D eigenvalue weighted by Crippen LogP contribution is 2.53. The van der Waals surface area contributed by atoms with Gasteiger partial charge >= 0.3 is 0 Å². The van der Waals surface area contributed by atoms with Crippen LogP contribution < -0.4 is 9.64 Å². The van der Waals surface area contributed by atoms with Crippen LogP contribution in [0.25, 0.3) is 0 Å². The molecule has 5 rings (SSSR count). The number of hydrogen-bond donors (Lipinski definition) is 0. The minimum atomic E-state index is -0.345. The Hall–Kier alpha value is -3.40. The molecule has 3 aromatic rings. The molecule has 2 heterocycles. The summed E-state index contributed by atoms with van der Waals surface area (Å²) in [6.45, 7) is 6.60. The number of anilines is 1. The molecule has 0 N–H and O–H groups in total. The monoisotopic (exact) mass is 410 g/mol. The molecular formula is C27H26N2O2. The van der Waals surface area contributed by atoms with Crippen LogP contribution in [0, 0.1) is 0 Å². The van der Waals surface area contributed by atoms with E-state index in [1.54, 1.807) is 7.11 Å². The molecule has 31 heavy (non-hydrogen) atoms. The van der Waals surface area contributed by atoms with Crippen LogP contribution in [0.1, 0.15) is 43.9 Å². The molecule has 1 amide bonds. The van der Waals surface area contributed by atoms with E-state index in [9.17, 15) is 4.79 Å². The SMILES string of the molecule is COc1ccc(N=C2C(=O)N3c4c2cccc4[C@@](C)(c2ccccc2)CC3(C)C)cc1. The second kappa shape index (κ2) is 6.81. The molecule has 3 aromatic carbocycles. The first-order valence-electron chi connectivity index (χ1n) is 10.6. The lowest BCUT2D eigenvalue weighted by Crippen LogP contribution is -2.54. The summed E-state index contributed by atoms with van der Waals surface area (Å²) in [6.07, 6.45) is 0.835. The van der Waals surface area contributed by atoms with Gasteiger partial charge in [-0.2, -0.15) is 0 Å². The minimum Gasteiger partial charge on any atom is -0.497 e. The zero-order chi connectivity index (χ0) is 21.8. The maximum absolute atomic E-state index is 13.6. The zero-order valence-electron chi connectivity index (χ0n) is 18.3. The lowest BCUT2D eigenvalue weighted by molar-refractivity contribution is -0.113. The van der Waals surface area contributed by atoms with Gasteiger partial charge in [0.15, 0.2) is 0 Å². The van der Waals surface area contributed by atoms with Crippen molar-refractivity contribution in [1.82, 2.24) is 0 Å². The van der Waals surface area contributed by atoms with Crippen LogP contribution in [0.4, 0.5) is 11.4 Å². The van der Waals surface area contributed by atoms with Crippen LogP contribution in [0.3, 0.4) is 0 Å². The topological polar surface area (TPSA) is 41.9 Å². The summed E-state index contributed by atoms with van der Waals surface area (Å²) in [7, 11) is 1.64. The average molecular weight is 411 g/mol. The van der Waals surface area contributed by atoms with Gasteiger partial charge in [-0.3, -0.25) is 4.79 Å². The van der Waals surface area contributed by atoms with E-state index in [0.29, 0.717) is 5.71 Å². The van der Waals surface area contributed by atoms with Crippen molar-refractivity contribution in [1.29, 1.82) is 0 Å². The Morgan fingerprint density at radius 2 is 1.61 bits per heavy atom. The second-order valence-electron chi connectivity index (χ2n) is 9.19. The van der Waals surface area contributed by atoms with Gasteiger partial charge in [0.1, 0.15) is 11.5 Å². The van der Waals surface area contributed by atoms with Crippen molar-refractivity contribution in [3.63, 3.8) is 0 Å². The molecule has 156 valence electrons. The quantitative estimate of drug-likeness (QED) is 0.560. The molecule has 4 nitrogen and oxygen atoms in total. The number of carbonyl (C=O) groups excluding carboxylic acids is 1. The van der Waals surface area contributed by atoms with E-state index in [-0.39, 0.29) is 16.9 Å². The minimum absolute atomic E-state index is 0.0293. The number of rotatable bonds is 3. The first kappa shape index (κ1) is 19.6. The van der Waals surface area contributed by atoms with E-state index in [4.69, 9.17) is 9.73 Å². The Morgan fingerprint density at radius 1 is 0.903 bits per heavy atom. The van der Waals surface area contributed by atoms with E-state index in [2.05, 4.69) is 51.1 Å². The molecule has 0 saturated heterocycles. The Balaban J connectivity index is 1.71. The number of hydrogen-bond acceptors (Lipinski definition) is 3. The smallest absolute Gasteiger partial charge is 0.278 e. The van der Waals surface area contributed by atoms with Crippen LogP contribution in [0.2, 0.25) is 0 Å². The number of aliphatic imine (C=N–C) groups is 1. The van der Waals surface area contributed by atoms with Gasteiger partial charge in [-0.05, 0) is 55.7 Å². The third-order valence-corrected chi connectivity index (χ3v) is 6.63. The fourth-order valence-corrected chi connectivity index (χ4v) is 5.32. The molecule has 0 unspecified atom stereocenters. The number of para-hydroxylation sites is 1. The standard InChI is InChI=1S/C27H26N2O2/c1-26(2)17-27(3,18-9-6-5-7-10-18)22-12-8-11-21-23(25(30)29(26)24(21)22)28-19-13-15-20(31-4)16-14-19/h5-16H,17H2,1-4H3/t27-/m1/s1. The third kappa shape index (κ3) is 2.89. The molecule has 0 fully saturated rings. The lowest BCUT2D eigenvalue weighted by atomic mass is 9.65. The van der Waals surface area contributed by atoms with E-state index in [1.165, 1.54) is 11.1 Å². The molecule has 0 saturated carbocycles. The van der Waals surface area contributed by atoms with Crippen molar-refractivity contribution in [3.05, 3.63) is 89.5 Å². The van der Waals surface area contributed by atoms with Crippen LogP contribution in [-0.2, 0) is 10.2 Å². The maximum Gasteiger partial charge on any atom is 0.278 e. The van der Waals surface area contributed by atoms with E-state index in [0.717, 1.165) is 29.1 Å². The Kier molecular flexibility index (Phi) is 4.30. The van der Waals surface area contributed by atoms with Gasteiger partial charge in [-0.25, -0.2) is 4.99 Å². The summed E-state index contributed by atoms with van der Waals surface area (Å²) in [5.74, 6) is 0.738. The van der Waals surface area contributed by atoms with Crippen LogP contribution in [0.15, 0.2) is 77.8 Å². The number of nitrogens with zero attached hydrogens (tertiary/aromatic N) is 2. The molecule has 0 radical (unpaired) electrons. The summed E-state index contributed by atoms with van der Waals surface area (Å²) < 4.78 is 5.24. The molecular weight excluding hydrogens is 384 g/mol. The predicted molar refractivity (Wildman–Crippen MR) is 125 cm³/mol. The summed E-state index contributed by atoms with van der Waals surface area (Å²) >= 11 is 0. The van der Waals surface area contributed by atoms with Crippen molar-refractivity contribution >= 4 is 23.0 Å². The molecule has 0 spiro atoms. The molecule has 1 atom stereocenters. The number of ether oxygens (including phenoxy) is 1. The van der Waals surface area contributed by atoms with Gasteiger partial charge in [-0.15, -0.1) is 0 Å². The Labute approximate surface area is 183 Å². The van der Waals surface area contributed by atoms with Crippen molar-refractivity contribution in [2.45, 2.75) is 38.1 Å². The van der Waals surface area contributed by atoms with E-state index >= 15 is 0 Å². The fourth-order valence-electron chi connectivity index (χ4n) is 5.32. The number of carbonyl (C=O) groups is 1. The summed E-state index contributed by atoms with van der Waals surface area (Å²) in [6, 6.07) is 24.3. The van der Waals surface area contributed by atoms with Crippen LogP contribution in [-0.4, -0.2) is 24.3 Å². The highest BCUT2D eigenvalue weighted by molar-refractivity contribution is 6.55. The van der Waals surface area contributed by atoms with E-state index < -0.39 is 0 Å². The second-order valence-corrected chi connectivity index (χ2v) is 9.19. The van der Waals surface area contributed by atoms with Gasteiger partial charge in [-0.1, -0.05) is 55.5 Å². The van der Waals surface area contributed by atoms with Gasteiger partial charge < -0.3 is 9.64 Å². The first-order valence-corrected chi connectivity index (χ1v) is 10.6. The van der Waals surface area contributed by atoms with Gasteiger partial charge in [0, 0.05) is 16.5 Å². The van der Waals surface area contributed by atoms with Crippen LogP contribution in [0.5, 0.6) is 5.75 Å². The molecule has 0 aliphatic carbocycles. The molecule has 0 aromatic heterocycles. The van der Waals surface area contributed by atoms with Gasteiger partial charge in [0.2, 0.25) is 0 Å². The normalized spacial score (nSPS) is 22.5. The van der Waals surface area contributed by atoms with Crippen molar-refractivity contribution in [3.8, 4) is 5.75 Å². The Morgan fingerprint density at radius 3 is 2.29 bits per heavy atom. The summed E-state index contributed by atoms with van der Waals surface area (Å²) in [5, 5.41) is 0. The molecule has 4 heteroatoms. The first-order chi connectivity index (χ1) is 14.8. The maximum atomic E-state index is 13.6. The Bertz CT molecular complexity index is 1200. The van der Waals surface area contributed by atoms with Gasteiger partial charge in [0.25, 0.3) is 5.91 Å². The van der Waals surface area contributed by atoms with Gasteiger partial charge in [0.05, 0.1) is 18.5 Å². The highest BCUT2D eigenvalue weighted by Gasteiger charge is 2.52. The van der Waals surface area contributed by atoms with E-state index in [1.807, 2.05) is 47.4 Å². The largest absolute Gasteiger partial charge is 0.497 e. The van der Waals surface area contributed by atoms with Crippen LogP contribution >= 0.6 is 0 Å². The lowest BCUT2D eigenvalue weighted by Gasteiger charge is -2.49. The molecule has 0 bridgehead atoms. The molecule has 2 aliphatic heterocycles. The number of amides is 1.